The van der Waals surface area contributed by atoms with E-state index in [1.54, 1.807) is 0 Å². The Balaban J connectivity index is 1.17. The molecule has 0 aliphatic heterocycles. The van der Waals surface area contributed by atoms with Gasteiger partial charge in [0.15, 0.2) is 11.6 Å². The van der Waals surface area contributed by atoms with Crippen molar-refractivity contribution in [2.45, 2.75) is 5.41 Å². The van der Waals surface area contributed by atoms with Gasteiger partial charge >= 0.3 is 0 Å². The van der Waals surface area contributed by atoms with E-state index in [4.69, 9.17) is 15.0 Å². The summed E-state index contributed by atoms with van der Waals surface area (Å²) in [5.41, 5.74) is 11.4. The highest BCUT2D eigenvalue weighted by molar-refractivity contribution is 6.27. The molecule has 9 aromatic carbocycles. The lowest BCUT2D eigenvalue weighted by atomic mass is 9.63. The molecule has 1 unspecified atom stereocenters. The van der Waals surface area contributed by atoms with Crippen LogP contribution < -0.4 is 0 Å². The third kappa shape index (κ3) is 3.80. The van der Waals surface area contributed by atoms with Crippen molar-refractivity contribution >= 4 is 54.1 Å². The lowest BCUT2D eigenvalue weighted by Crippen LogP contribution is -2.30. The highest BCUT2D eigenvalue weighted by atomic mass is 15.2. The Labute approximate surface area is 322 Å². The standard InChI is InChI=1S/C52H30N4/c1-2-16-38(17-3-1)52-41-19-9-8-18-39(41)40-26-28-44-47(48(40)52)46-43(27-25-33-15-10-20-42(52)45(33)46)56(44)51-54-49(36-23-21-31-11-4-6-13-34(31)29-36)53-50(55-51)37-24-22-32-12-5-7-14-35(32)30-37/h1-30H. The Morgan fingerprint density at radius 2 is 0.946 bits per heavy atom. The Morgan fingerprint density at radius 1 is 0.375 bits per heavy atom. The molecule has 0 N–H and O–H groups in total. The zero-order valence-corrected chi connectivity index (χ0v) is 30.1. The molecule has 2 heterocycles. The quantitative estimate of drug-likeness (QED) is 0.183. The average molecular weight is 711 g/mol. The minimum atomic E-state index is -0.481. The van der Waals surface area contributed by atoms with Crippen LogP contribution in [-0.2, 0) is 5.41 Å². The molecule has 0 fully saturated rings. The van der Waals surface area contributed by atoms with Gasteiger partial charge in [0.05, 0.1) is 16.4 Å². The summed E-state index contributed by atoms with van der Waals surface area (Å²) in [5.74, 6) is 1.88. The summed E-state index contributed by atoms with van der Waals surface area (Å²) in [4.78, 5) is 16.0. The molecule has 0 bridgehead atoms. The van der Waals surface area contributed by atoms with Crippen molar-refractivity contribution < 1.29 is 0 Å². The molecule has 0 amide bonds. The summed E-state index contributed by atoms with van der Waals surface area (Å²) in [6.45, 7) is 0. The summed E-state index contributed by atoms with van der Waals surface area (Å²) in [5, 5.41) is 9.69. The van der Waals surface area contributed by atoms with Crippen LogP contribution in [0.3, 0.4) is 0 Å². The zero-order chi connectivity index (χ0) is 36.5. The summed E-state index contributed by atoms with van der Waals surface area (Å²) in [7, 11) is 0. The van der Waals surface area contributed by atoms with Gasteiger partial charge in [-0.25, -0.2) is 4.98 Å². The third-order valence-corrected chi connectivity index (χ3v) is 12.4. The predicted octanol–water partition coefficient (Wildman–Crippen LogP) is 12.4. The minimum absolute atomic E-state index is 0.481. The zero-order valence-electron chi connectivity index (χ0n) is 30.1. The highest BCUT2D eigenvalue weighted by Gasteiger charge is 2.50. The number of hydrogen-bond acceptors (Lipinski definition) is 3. The van der Waals surface area contributed by atoms with E-state index in [1.807, 2.05) is 0 Å². The van der Waals surface area contributed by atoms with E-state index in [9.17, 15) is 0 Å². The summed E-state index contributed by atoms with van der Waals surface area (Å²) in [6.07, 6.45) is 0. The van der Waals surface area contributed by atoms with Gasteiger partial charge in [-0.05, 0) is 90.0 Å². The second-order valence-corrected chi connectivity index (χ2v) is 15.1. The van der Waals surface area contributed by atoms with Crippen LogP contribution in [0, 0.1) is 0 Å². The number of benzene rings is 9. The van der Waals surface area contributed by atoms with Crippen LogP contribution in [0.2, 0.25) is 0 Å². The van der Waals surface area contributed by atoms with Crippen molar-refractivity contribution in [2.24, 2.45) is 0 Å². The van der Waals surface area contributed by atoms with Crippen molar-refractivity contribution in [3.05, 3.63) is 204 Å². The van der Waals surface area contributed by atoms with Crippen molar-refractivity contribution in [1.29, 1.82) is 0 Å². The highest BCUT2D eigenvalue weighted by Crippen LogP contribution is 2.63. The van der Waals surface area contributed by atoms with Crippen molar-refractivity contribution in [3.8, 4) is 39.9 Å². The molecule has 0 saturated heterocycles. The van der Waals surface area contributed by atoms with E-state index in [-0.39, 0.29) is 0 Å². The molecule has 2 aliphatic carbocycles. The molecule has 0 spiro atoms. The fourth-order valence-electron chi connectivity index (χ4n) is 10.1. The van der Waals surface area contributed by atoms with Crippen LogP contribution in [0.25, 0.3) is 94.0 Å². The van der Waals surface area contributed by atoms with Crippen LogP contribution in [0.5, 0.6) is 0 Å². The lowest BCUT2D eigenvalue weighted by Gasteiger charge is -2.37. The molecule has 4 heteroatoms. The first-order valence-electron chi connectivity index (χ1n) is 19.2. The van der Waals surface area contributed by atoms with E-state index in [0.29, 0.717) is 17.6 Å². The lowest BCUT2D eigenvalue weighted by molar-refractivity contribution is 0.782. The molecular formula is C52H30N4. The van der Waals surface area contributed by atoms with Crippen molar-refractivity contribution in [1.82, 2.24) is 19.5 Å². The van der Waals surface area contributed by atoms with E-state index in [2.05, 4.69) is 187 Å². The molecule has 13 rings (SSSR count). The van der Waals surface area contributed by atoms with Crippen LogP contribution in [-0.4, -0.2) is 19.5 Å². The Bertz CT molecular complexity index is 3390. The van der Waals surface area contributed by atoms with Gasteiger partial charge < -0.3 is 0 Å². The molecule has 11 aromatic rings. The Hall–Kier alpha value is -7.43. The van der Waals surface area contributed by atoms with Crippen LogP contribution in [0.4, 0.5) is 0 Å². The molecule has 56 heavy (non-hydrogen) atoms. The maximum absolute atomic E-state index is 5.38. The smallest absolute Gasteiger partial charge is 0.238 e. The average Bonchev–Trinajstić information content (AvgIpc) is 3.77. The maximum atomic E-state index is 5.38. The molecule has 0 saturated carbocycles. The predicted molar refractivity (Wildman–Crippen MR) is 228 cm³/mol. The number of aromatic nitrogens is 4. The number of hydrogen-bond donors (Lipinski definition) is 0. The monoisotopic (exact) mass is 710 g/mol. The van der Waals surface area contributed by atoms with Crippen LogP contribution >= 0.6 is 0 Å². The van der Waals surface area contributed by atoms with Gasteiger partial charge in [-0.2, -0.15) is 9.97 Å². The van der Waals surface area contributed by atoms with E-state index >= 15 is 0 Å². The van der Waals surface area contributed by atoms with E-state index in [0.717, 1.165) is 32.9 Å². The van der Waals surface area contributed by atoms with Gasteiger partial charge in [0.2, 0.25) is 5.95 Å². The third-order valence-electron chi connectivity index (χ3n) is 12.4. The number of nitrogens with zero attached hydrogens (tertiary/aromatic N) is 4. The molecule has 258 valence electrons. The summed E-state index contributed by atoms with van der Waals surface area (Å²) < 4.78 is 2.29. The second-order valence-electron chi connectivity index (χ2n) is 15.1. The number of rotatable bonds is 4. The van der Waals surface area contributed by atoms with Crippen molar-refractivity contribution in [2.75, 3.05) is 0 Å². The topological polar surface area (TPSA) is 43.6 Å². The maximum Gasteiger partial charge on any atom is 0.238 e. The molecule has 4 nitrogen and oxygen atoms in total. The first kappa shape index (κ1) is 30.0. The molecule has 2 aliphatic rings. The van der Waals surface area contributed by atoms with Gasteiger partial charge in [-0.3, -0.25) is 4.57 Å². The second kappa shape index (κ2) is 10.8. The van der Waals surface area contributed by atoms with Gasteiger partial charge in [-0.15, -0.1) is 0 Å². The van der Waals surface area contributed by atoms with Gasteiger partial charge in [0.1, 0.15) is 0 Å². The summed E-state index contributed by atoms with van der Waals surface area (Å²) in [6, 6.07) is 66.0. The van der Waals surface area contributed by atoms with Gasteiger partial charge in [0.25, 0.3) is 0 Å². The fraction of sp³-hybridized carbons (Fsp3) is 0.0192. The molecular weight excluding hydrogens is 681 g/mol. The first-order valence-corrected chi connectivity index (χ1v) is 19.2. The van der Waals surface area contributed by atoms with Gasteiger partial charge in [0, 0.05) is 21.9 Å². The summed E-state index contributed by atoms with van der Waals surface area (Å²) >= 11 is 0. The molecule has 0 radical (unpaired) electrons. The first-order chi connectivity index (χ1) is 27.8. The van der Waals surface area contributed by atoms with E-state index < -0.39 is 5.41 Å². The Kier molecular flexibility index (Phi) is 5.80. The SMILES string of the molecule is c1ccc(C23c4ccccc4-c4ccc5c(c42)c2c4c3cccc4ccc2n5-c2nc(-c3ccc4ccccc4c3)nc(-c3ccc4ccccc4c3)n2)cc1. The fourth-order valence-corrected chi connectivity index (χ4v) is 10.1. The molecule has 2 aromatic heterocycles. The number of fused-ring (bicyclic) bond motifs is 6. The normalized spacial score (nSPS) is 15.2. The van der Waals surface area contributed by atoms with Crippen LogP contribution in [0.15, 0.2) is 182 Å². The van der Waals surface area contributed by atoms with Crippen molar-refractivity contribution in [3.63, 3.8) is 0 Å². The largest absolute Gasteiger partial charge is 0.278 e. The molecule has 1 atom stereocenters. The minimum Gasteiger partial charge on any atom is -0.278 e. The van der Waals surface area contributed by atoms with Crippen LogP contribution in [0.1, 0.15) is 22.3 Å². The van der Waals surface area contributed by atoms with E-state index in [1.165, 1.54) is 65.7 Å². The Morgan fingerprint density at radius 3 is 1.68 bits per heavy atom. The van der Waals surface area contributed by atoms with Gasteiger partial charge in [-0.1, -0.05) is 158 Å².